The third-order valence-electron chi connectivity index (χ3n) is 3.09. The summed E-state index contributed by atoms with van der Waals surface area (Å²) in [5, 5.41) is 10.4. The molecule has 0 amide bonds. The van der Waals surface area contributed by atoms with Crippen molar-refractivity contribution in [3.8, 4) is 5.75 Å². The van der Waals surface area contributed by atoms with Gasteiger partial charge in [0, 0.05) is 10.0 Å². The van der Waals surface area contributed by atoms with Gasteiger partial charge in [-0.3, -0.25) is 0 Å². The third kappa shape index (κ3) is 2.80. The van der Waals surface area contributed by atoms with Gasteiger partial charge in [0.1, 0.15) is 17.7 Å². The van der Waals surface area contributed by atoms with Crippen molar-refractivity contribution in [2.24, 2.45) is 0 Å². The molecule has 0 aliphatic rings. The molecule has 0 aliphatic carbocycles. The quantitative estimate of drug-likeness (QED) is 0.925. The van der Waals surface area contributed by atoms with Crippen LogP contribution in [0.3, 0.4) is 0 Å². The molecule has 100 valence electrons. The number of ether oxygens (including phenoxy) is 1. The molecule has 0 aliphatic heterocycles. The number of aliphatic hydroxyl groups excluding tert-OH is 1. The van der Waals surface area contributed by atoms with Crippen LogP contribution in [-0.4, -0.2) is 12.2 Å². The largest absolute Gasteiger partial charge is 0.496 e. The number of halogens is 2. The predicted molar refractivity (Wildman–Crippen MR) is 75.9 cm³/mol. The first-order valence-electron chi connectivity index (χ1n) is 5.81. The highest BCUT2D eigenvalue weighted by Gasteiger charge is 2.18. The van der Waals surface area contributed by atoms with Gasteiger partial charge in [0.15, 0.2) is 0 Å². The van der Waals surface area contributed by atoms with Gasteiger partial charge in [-0.25, -0.2) is 4.39 Å². The summed E-state index contributed by atoms with van der Waals surface area (Å²) in [6.45, 7) is 1.84. The Morgan fingerprint density at radius 2 is 1.95 bits per heavy atom. The fourth-order valence-corrected chi connectivity index (χ4v) is 2.42. The first-order chi connectivity index (χ1) is 9.04. The maximum atomic E-state index is 13.8. The molecule has 2 aromatic carbocycles. The number of hydrogen-bond acceptors (Lipinski definition) is 2. The van der Waals surface area contributed by atoms with Gasteiger partial charge in [-0.1, -0.05) is 28.1 Å². The van der Waals surface area contributed by atoms with Crippen LogP contribution < -0.4 is 4.74 Å². The molecule has 0 bridgehead atoms. The number of rotatable bonds is 3. The highest BCUT2D eigenvalue weighted by molar-refractivity contribution is 9.10. The van der Waals surface area contributed by atoms with Crippen LogP contribution in [0.2, 0.25) is 0 Å². The van der Waals surface area contributed by atoms with Crippen molar-refractivity contribution < 1.29 is 14.2 Å². The van der Waals surface area contributed by atoms with Crippen LogP contribution in [0, 0.1) is 12.7 Å². The lowest BCUT2D eigenvalue weighted by atomic mass is 9.96. The molecule has 2 rings (SSSR count). The number of methoxy groups -OCH3 is 1. The molecule has 0 radical (unpaired) electrons. The van der Waals surface area contributed by atoms with E-state index >= 15 is 0 Å². The summed E-state index contributed by atoms with van der Waals surface area (Å²) in [5.41, 5.74) is 1.68. The predicted octanol–water partition coefficient (Wildman–Crippen LogP) is 3.99. The van der Waals surface area contributed by atoms with E-state index in [0.717, 1.165) is 10.0 Å². The Bertz CT molecular complexity index is 599. The van der Waals surface area contributed by atoms with Crippen molar-refractivity contribution in [3.63, 3.8) is 0 Å². The summed E-state index contributed by atoms with van der Waals surface area (Å²) < 4.78 is 19.7. The Hall–Kier alpha value is -1.39. The van der Waals surface area contributed by atoms with Crippen LogP contribution in [-0.2, 0) is 0 Å². The monoisotopic (exact) mass is 324 g/mol. The molecule has 19 heavy (non-hydrogen) atoms. The molecule has 2 aromatic rings. The van der Waals surface area contributed by atoms with E-state index in [1.54, 1.807) is 31.4 Å². The molecule has 1 atom stereocenters. The Morgan fingerprint density at radius 1 is 1.21 bits per heavy atom. The van der Waals surface area contributed by atoms with E-state index in [1.165, 1.54) is 6.07 Å². The Balaban J connectivity index is 2.50. The summed E-state index contributed by atoms with van der Waals surface area (Å²) in [4.78, 5) is 0. The molecule has 1 unspecified atom stereocenters. The number of benzene rings is 2. The summed E-state index contributed by atoms with van der Waals surface area (Å²) in [6.07, 6.45) is -1.02. The maximum absolute atomic E-state index is 13.8. The average molecular weight is 325 g/mol. The van der Waals surface area contributed by atoms with Gasteiger partial charge < -0.3 is 9.84 Å². The molecule has 4 heteroatoms. The van der Waals surface area contributed by atoms with Gasteiger partial charge in [-0.2, -0.15) is 0 Å². The van der Waals surface area contributed by atoms with Gasteiger partial charge in [-0.05, 0) is 42.3 Å². The highest BCUT2D eigenvalue weighted by atomic mass is 79.9. The molecular weight excluding hydrogens is 311 g/mol. The van der Waals surface area contributed by atoms with E-state index in [0.29, 0.717) is 11.3 Å². The van der Waals surface area contributed by atoms with E-state index in [4.69, 9.17) is 4.74 Å². The minimum atomic E-state index is -1.02. The first kappa shape index (κ1) is 14.0. The fraction of sp³-hybridized carbons (Fsp3) is 0.200. The fourth-order valence-electron chi connectivity index (χ4n) is 2.04. The minimum Gasteiger partial charge on any atom is -0.496 e. The zero-order chi connectivity index (χ0) is 14.0. The Morgan fingerprint density at radius 3 is 2.63 bits per heavy atom. The van der Waals surface area contributed by atoms with Crippen LogP contribution in [0.5, 0.6) is 5.75 Å². The normalized spacial score (nSPS) is 12.3. The summed E-state index contributed by atoms with van der Waals surface area (Å²) in [6, 6.07) is 9.87. The van der Waals surface area contributed by atoms with Crippen LogP contribution in [0.1, 0.15) is 22.8 Å². The first-order valence-corrected chi connectivity index (χ1v) is 6.60. The van der Waals surface area contributed by atoms with E-state index in [1.807, 2.05) is 13.0 Å². The van der Waals surface area contributed by atoms with Gasteiger partial charge in [0.05, 0.1) is 7.11 Å². The summed E-state index contributed by atoms with van der Waals surface area (Å²) >= 11 is 3.28. The van der Waals surface area contributed by atoms with Crippen LogP contribution in [0.4, 0.5) is 4.39 Å². The molecule has 0 saturated carbocycles. The van der Waals surface area contributed by atoms with Gasteiger partial charge in [0.25, 0.3) is 0 Å². The lowest BCUT2D eigenvalue weighted by Crippen LogP contribution is -2.05. The molecule has 0 saturated heterocycles. The van der Waals surface area contributed by atoms with Crippen molar-refractivity contribution in [1.29, 1.82) is 0 Å². The maximum Gasteiger partial charge on any atom is 0.129 e. The van der Waals surface area contributed by atoms with E-state index in [2.05, 4.69) is 15.9 Å². The zero-order valence-corrected chi connectivity index (χ0v) is 12.2. The van der Waals surface area contributed by atoms with Crippen LogP contribution >= 0.6 is 15.9 Å². The lowest BCUT2D eigenvalue weighted by molar-refractivity contribution is 0.213. The van der Waals surface area contributed by atoms with E-state index in [-0.39, 0.29) is 5.56 Å². The zero-order valence-electron chi connectivity index (χ0n) is 10.7. The minimum absolute atomic E-state index is 0.241. The SMILES string of the molecule is COc1cccc(C(O)c2cc(Br)ccc2F)c1C. The second-order valence-electron chi connectivity index (χ2n) is 4.24. The Labute approximate surface area is 120 Å². The number of aliphatic hydroxyl groups is 1. The molecular formula is C15H14BrFO2. The molecule has 0 spiro atoms. The molecule has 1 N–H and O–H groups in total. The second-order valence-corrected chi connectivity index (χ2v) is 5.16. The summed E-state index contributed by atoms with van der Waals surface area (Å²) in [7, 11) is 1.57. The molecule has 0 aromatic heterocycles. The second kappa shape index (κ2) is 5.72. The van der Waals surface area contributed by atoms with Crippen molar-refractivity contribution in [3.05, 3.63) is 63.4 Å². The highest BCUT2D eigenvalue weighted by Crippen LogP contribution is 2.32. The smallest absolute Gasteiger partial charge is 0.129 e. The average Bonchev–Trinajstić information content (AvgIpc) is 2.41. The lowest BCUT2D eigenvalue weighted by Gasteiger charge is -2.17. The molecule has 0 fully saturated rings. The van der Waals surface area contributed by atoms with Crippen molar-refractivity contribution in [1.82, 2.24) is 0 Å². The van der Waals surface area contributed by atoms with Crippen molar-refractivity contribution >= 4 is 15.9 Å². The van der Waals surface area contributed by atoms with Crippen molar-refractivity contribution in [2.45, 2.75) is 13.0 Å². The standard InChI is InChI=1S/C15H14BrFO2/c1-9-11(4-3-5-14(9)19-2)15(18)12-8-10(16)6-7-13(12)17/h3-8,15,18H,1-2H3. The van der Waals surface area contributed by atoms with Gasteiger partial charge >= 0.3 is 0 Å². The van der Waals surface area contributed by atoms with Crippen LogP contribution in [0.25, 0.3) is 0 Å². The van der Waals surface area contributed by atoms with E-state index in [9.17, 15) is 9.50 Å². The number of hydrogen-bond donors (Lipinski definition) is 1. The van der Waals surface area contributed by atoms with Gasteiger partial charge in [-0.15, -0.1) is 0 Å². The van der Waals surface area contributed by atoms with Gasteiger partial charge in [0.2, 0.25) is 0 Å². The van der Waals surface area contributed by atoms with E-state index < -0.39 is 11.9 Å². The van der Waals surface area contributed by atoms with Crippen molar-refractivity contribution in [2.75, 3.05) is 7.11 Å². The van der Waals surface area contributed by atoms with Crippen LogP contribution in [0.15, 0.2) is 40.9 Å². The Kier molecular flexibility index (Phi) is 4.22. The third-order valence-corrected chi connectivity index (χ3v) is 3.59. The topological polar surface area (TPSA) is 29.5 Å². The summed E-state index contributed by atoms with van der Waals surface area (Å²) in [5.74, 6) is 0.241. The molecule has 2 nitrogen and oxygen atoms in total. The molecule has 0 heterocycles.